The Morgan fingerprint density at radius 2 is 2.28 bits per heavy atom. The van der Waals surface area contributed by atoms with Gasteiger partial charge < -0.3 is 5.32 Å². The molecule has 1 heterocycles. The van der Waals surface area contributed by atoms with Gasteiger partial charge in [-0.25, -0.2) is 9.37 Å². The second kappa shape index (κ2) is 6.47. The van der Waals surface area contributed by atoms with Crippen molar-refractivity contribution in [3.63, 3.8) is 0 Å². The largest absolute Gasteiger partial charge is 0.313 e. The van der Waals surface area contributed by atoms with E-state index in [4.69, 9.17) is 11.6 Å². The van der Waals surface area contributed by atoms with Crippen molar-refractivity contribution in [2.75, 3.05) is 6.54 Å². The first-order valence-electron chi connectivity index (χ1n) is 5.75. The van der Waals surface area contributed by atoms with Gasteiger partial charge >= 0.3 is 0 Å². The minimum Gasteiger partial charge on any atom is -0.313 e. The predicted molar refractivity (Wildman–Crippen MR) is 67.8 cm³/mol. The van der Waals surface area contributed by atoms with Gasteiger partial charge in [-0.3, -0.25) is 5.10 Å². The first-order valence-corrected chi connectivity index (χ1v) is 6.13. The summed E-state index contributed by atoms with van der Waals surface area (Å²) < 4.78 is 13.5. The van der Waals surface area contributed by atoms with Crippen LogP contribution in [0.5, 0.6) is 0 Å². The zero-order valence-corrected chi connectivity index (χ0v) is 10.5. The quantitative estimate of drug-likeness (QED) is 0.791. The minimum absolute atomic E-state index is 0.163. The molecule has 0 spiro atoms. The predicted octanol–water partition coefficient (Wildman–Crippen LogP) is 2.32. The van der Waals surface area contributed by atoms with Crippen LogP contribution in [-0.4, -0.2) is 21.7 Å². The Labute approximate surface area is 110 Å². The summed E-state index contributed by atoms with van der Waals surface area (Å²) in [7, 11) is 0. The summed E-state index contributed by atoms with van der Waals surface area (Å²) in [5.41, 5.74) is 0.585. The molecule has 4 nitrogen and oxygen atoms in total. The van der Waals surface area contributed by atoms with Crippen LogP contribution in [0.2, 0.25) is 5.02 Å². The third-order valence-corrected chi connectivity index (χ3v) is 2.87. The molecule has 0 fully saturated rings. The van der Waals surface area contributed by atoms with Crippen LogP contribution in [0.25, 0.3) is 0 Å². The number of aromatic amines is 1. The highest BCUT2D eigenvalue weighted by molar-refractivity contribution is 6.30. The molecule has 0 unspecified atom stereocenters. The van der Waals surface area contributed by atoms with Crippen molar-refractivity contribution in [2.24, 2.45) is 0 Å². The first kappa shape index (κ1) is 13.0. The summed E-state index contributed by atoms with van der Waals surface area (Å²) in [5.74, 6) is 0.521. The maximum atomic E-state index is 13.5. The van der Waals surface area contributed by atoms with E-state index < -0.39 is 0 Å². The van der Waals surface area contributed by atoms with Gasteiger partial charge in [-0.05, 0) is 19.0 Å². The van der Waals surface area contributed by atoms with Crippen molar-refractivity contribution in [2.45, 2.75) is 19.4 Å². The van der Waals surface area contributed by atoms with Gasteiger partial charge in [0, 0.05) is 18.5 Å². The molecule has 96 valence electrons. The summed E-state index contributed by atoms with van der Waals surface area (Å²) in [5, 5.41) is 9.90. The van der Waals surface area contributed by atoms with Crippen LogP contribution < -0.4 is 5.32 Å². The molecule has 2 rings (SSSR count). The Morgan fingerprint density at radius 3 is 3.06 bits per heavy atom. The second-order valence-electron chi connectivity index (χ2n) is 3.93. The fraction of sp³-hybridized carbons (Fsp3) is 0.333. The number of nitrogens with zero attached hydrogens (tertiary/aromatic N) is 2. The Balaban J connectivity index is 1.70. The van der Waals surface area contributed by atoms with Crippen molar-refractivity contribution in [3.8, 4) is 0 Å². The minimum atomic E-state index is -0.345. The molecule has 0 aliphatic heterocycles. The molecule has 0 amide bonds. The molecule has 2 N–H and O–H groups in total. The Bertz CT molecular complexity index is 487. The number of hydrogen-bond acceptors (Lipinski definition) is 3. The van der Waals surface area contributed by atoms with Gasteiger partial charge in [-0.2, -0.15) is 5.10 Å². The number of hydrogen-bond donors (Lipinski definition) is 2. The molecule has 0 radical (unpaired) electrons. The van der Waals surface area contributed by atoms with Gasteiger partial charge in [0.2, 0.25) is 0 Å². The molecule has 0 aliphatic carbocycles. The molecule has 1 aromatic heterocycles. The van der Waals surface area contributed by atoms with Crippen LogP contribution in [0.4, 0.5) is 4.39 Å². The molecule has 0 bridgehead atoms. The van der Waals surface area contributed by atoms with Gasteiger partial charge in [0.05, 0.1) is 5.02 Å². The lowest BCUT2D eigenvalue weighted by molar-refractivity contribution is 0.580. The summed E-state index contributed by atoms with van der Waals surface area (Å²) in [6, 6.07) is 5.02. The Hall–Kier alpha value is -1.46. The molecule has 2 aromatic rings. The standard InChI is InChI=1S/C12H14ClFN4/c13-10-4-1-3-9(12(10)14)7-15-6-2-5-11-16-8-17-18-11/h1,3-4,8,15H,2,5-7H2,(H,16,17,18). The fourth-order valence-corrected chi connectivity index (χ4v) is 1.83. The normalized spacial score (nSPS) is 10.8. The van der Waals surface area contributed by atoms with Gasteiger partial charge in [0.15, 0.2) is 0 Å². The lowest BCUT2D eigenvalue weighted by atomic mass is 10.2. The van der Waals surface area contributed by atoms with Gasteiger partial charge in [0.25, 0.3) is 0 Å². The highest BCUT2D eigenvalue weighted by Gasteiger charge is 2.05. The third kappa shape index (κ3) is 3.51. The van der Waals surface area contributed by atoms with Crippen LogP contribution in [0.1, 0.15) is 17.8 Å². The SMILES string of the molecule is Fc1c(Cl)cccc1CNCCCc1ncn[nH]1. The topological polar surface area (TPSA) is 53.6 Å². The van der Waals surface area contributed by atoms with Crippen molar-refractivity contribution < 1.29 is 4.39 Å². The van der Waals surface area contributed by atoms with E-state index in [2.05, 4.69) is 20.5 Å². The van der Waals surface area contributed by atoms with Crippen molar-refractivity contribution >= 4 is 11.6 Å². The summed E-state index contributed by atoms with van der Waals surface area (Å²) in [4.78, 5) is 4.03. The van der Waals surface area contributed by atoms with E-state index in [0.717, 1.165) is 25.2 Å². The van der Waals surface area contributed by atoms with Crippen LogP contribution in [0.15, 0.2) is 24.5 Å². The van der Waals surface area contributed by atoms with Crippen molar-refractivity contribution in [1.29, 1.82) is 0 Å². The lowest BCUT2D eigenvalue weighted by Gasteiger charge is -2.06. The van der Waals surface area contributed by atoms with Gasteiger partial charge in [-0.15, -0.1) is 0 Å². The number of halogens is 2. The fourth-order valence-electron chi connectivity index (χ4n) is 1.64. The zero-order valence-electron chi connectivity index (χ0n) is 9.79. The third-order valence-electron chi connectivity index (χ3n) is 2.58. The maximum Gasteiger partial charge on any atom is 0.146 e. The van der Waals surface area contributed by atoms with Gasteiger partial charge in [-0.1, -0.05) is 23.7 Å². The number of rotatable bonds is 6. The van der Waals surface area contributed by atoms with Crippen LogP contribution in [0, 0.1) is 5.82 Å². The van der Waals surface area contributed by atoms with Crippen molar-refractivity contribution in [1.82, 2.24) is 20.5 Å². The molecule has 6 heteroatoms. The highest BCUT2D eigenvalue weighted by Crippen LogP contribution is 2.17. The molecular formula is C12H14ClFN4. The van der Waals surface area contributed by atoms with Crippen LogP contribution >= 0.6 is 11.6 Å². The molecule has 0 atom stereocenters. The molecule has 0 saturated heterocycles. The molecule has 0 aliphatic rings. The number of aryl methyl sites for hydroxylation is 1. The zero-order chi connectivity index (χ0) is 12.8. The lowest BCUT2D eigenvalue weighted by Crippen LogP contribution is -2.16. The van der Waals surface area contributed by atoms with E-state index in [0.29, 0.717) is 12.1 Å². The van der Waals surface area contributed by atoms with Crippen LogP contribution in [-0.2, 0) is 13.0 Å². The summed E-state index contributed by atoms with van der Waals surface area (Å²) in [6.07, 6.45) is 3.23. The highest BCUT2D eigenvalue weighted by atomic mass is 35.5. The number of aromatic nitrogens is 3. The van der Waals surface area contributed by atoms with E-state index in [-0.39, 0.29) is 10.8 Å². The molecule has 18 heavy (non-hydrogen) atoms. The van der Waals surface area contributed by atoms with E-state index >= 15 is 0 Å². The molecular weight excluding hydrogens is 255 g/mol. The van der Waals surface area contributed by atoms with E-state index in [9.17, 15) is 4.39 Å². The summed E-state index contributed by atoms with van der Waals surface area (Å²) in [6.45, 7) is 1.26. The second-order valence-corrected chi connectivity index (χ2v) is 4.33. The van der Waals surface area contributed by atoms with E-state index in [1.165, 1.54) is 6.33 Å². The molecule has 1 aromatic carbocycles. The van der Waals surface area contributed by atoms with Gasteiger partial charge in [0.1, 0.15) is 18.0 Å². The first-order chi connectivity index (χ1) is 8.77. The average molecular weight is 269 g/mol. The number of nitrogens with one attached hydrogen (secondary N) is 2. The van der Waals surface area contributed by atoms with Crippen molar-refractivity contribution in [3.05, 3.63) is 46.8 Å². The Morgan fingerprint density at radius 1 is 1.39 bits per heavy atom. The number of H-pyrrole nitrogens is 1. The Kier molecular flexibility index (Phi) is 4.66. The monoisotopic (exact) mass is 268 g/mol. The summed E-state index contributed by atoms with van der Waals surface area (Å²) >= 11 is 5.70. The van der Waals surface area contributed by atoms with E-state index in [1.54, 1.807) is 18.2 Å². The maximum absolute atomic E-state index is 13.5. The molecule has 0 saturated carbocycles. The average Bonchev–Trinajstić information content (AvgIpc) is 2.87. The smallest absolute Gasteiger partial charge is 0.146 e. The van der Waals surface area contributed by atoms with E-state index in [1.807, 2.05) is 0 Å². The van der Waals surface area contributed by atoms with Crippen LogP contribution in [0.3, 0.4) is 0 Å². The number of benzene rings is 1.